The Morgan fingerprint density at radius 1 is 1.06 bits per heavy atom. The average molecular weight is 459 g/mol. The zero-order valence-corrected chi connectivity index (χ0v) is 17.9. The molecule has 2 aromatic carbocycles. The minimum Gasteiger partial charge on any atom is -0.493 e. The molecular weight excluding hydrogens is 443 g/mol. The summed E-state index contributed by atoms with van der Waals surface area (Å²) in [6.45, 7) is 0. The molecule has 0 unspecified atom stereocenters. The molecule has 0 aliphatic rings. The Balaban J connectivity index is 1.88. The number of aromatic nitrogens is 1. The summed E-state index contributed by atoms with van der Waals surface area (Å²) >= 11 is 12.3. The van der Waals surface area contributed by atoms with Gasteiger partial charge in [-0.05, 0) is 30.3 Å². The molecule has 2 heterocycles. The normalized spacial score (nSPS) is 10.8. The highest BCUT2D eigenvalue weighted by Crippen LogP contribution is 2.39. The molecule has 0 saturated carbocycles. The summed E-state index contributed by atoms with van der Waals surface area (Å²) in [5.74, 6) is 0.0125. The number of amides is 3. The van der Waals surface area contributed by atoms with Crippen LogP contribution in [0.3, 0.4) is 0 Å². The van der Waals surface area contributed by atoms with Crippen molar-refractivity contribution < 1.29 is 18.7 Å². The number of carbonyl (C=O) groups excluding carboxylic acids is 2. The van der Waals surface area contributed by atoms with Crippen molar-refractivity contribution in [3.05, 3.63) is 58.3 Å². The lowest BCUT2D eigenvalue weighted by Crippen LogP contribution is -2.24. The third kappa shape index (κ3) is 3.83. The van der Waals surface area contributed by atoms with Gasteiger partial charge in [0.05, 0.1) is 28.4 Å². The molecule has 4 rings (SSSR count). The molecule has 0 radical (unpaired) electrons. The van der Waals surface area contributed by atoms with Gasteiger partial charge in [0.1, 0.15) is 5.58 Å². The van der Waals surface area contributed by atoms with Crippen LogP contribution in [0.1, 0.15) is 10.4 Å². The van der Waals surface area contributed by atoms with Crippen molar-refractivity contribution in [2.24, 2.45) is 0 Å². The highest BCUT2D eigenvalue weighted by atomic mass is 35.5. The number of hydrogen-bond donors (Lipinski definition) is 3. The number of rotatable bonds is 4. The molecule has 8 nitrogen and oxygen atoms in total. The van der Waals surface area contributed by atoms with Gasteiger partial charge in [-0.2, -0.15) is 0 Å². The van der Waals surface area contributed by atoms with Crippen LogP contribution in [0.5, 0.6) is 5.75 Å². The van der Waals surface area contributed by atoms with Gasteiger partial charge in [0, 0.05) is 35.9 Å². The summed E-state index contributed by atoms with van der Waals surface area (Å²) in [5, 5.41) is 9.49. The smallest absolute Gasteiger partial charge is 0.318 e. The van der Waals surface area contributed by atoms with E-state index in [4.69, 9.17) is 32.4 Å². The van der Waals surface area contributed by atoms with Crippen LogP contribution in [0.15, 0.2) is 47.1 Å². The molecule has 0 aliphatic carbocycles. The molecule has 0 atom stereocenters. The quantitative estimate of drug-likeness (QED) is 0.384. The number of pyridine rings is 1. The van der Waals surface area contributed by atoms with Crippen molar-refractivity contribution in [3.8, 4) is 5.75 Å². The van der Waals surface area contributed by atoms with E-state index in [0.717, 1.165) is 0 Å². The van der Waals surface area contributed by atoms with Gasteiger partial charge in [-0.25, -0.2) is 4.79 Å². The fraction of sp³-hybridized carbons (Fsp3) is 0.0952. The van der Waals surface area contributed by atoms with Crippen LogP contribution in [0.25, 0.3) is 21.9 Å². The monoisotopic (exact) mass is 458 g/mol. The van der Waals surface area contributed by atoms with E-state index in [0.29, 0.717) is 38.9 Å². The molecule has 4 aromatic rings. The summed E-state index contributed by atoms with van der Waals surface area (Å²) in [6.07, 6.45) is 2.77. The second-order valence-electron chi connectivity index (χ2n) is 6.47. The second-order valence-corrected chi connectivity index (χ2v) is 7.28. The van der Waals surface area contributed by atoms with E-state index in [9.17, 15) is 9.59 Å². The summed E-state index contributed by atoms with van der Waals surface area (Å²) in [4.78, 5) is 28.8. The van der Waals surface area contributed by atoms with Gasteiger partial charge < -0.3 is 25.1 Å². The van der Waals surface area contributed by atoms with Crippen molar-refractivity contribution >= 4 is 68.5 Å². The number of halogens is 2. The Morgan fingerprint density at radius 3 is 2.48 bits per heavy atom. The standard InChI is InChI=1S/C21H16Cl2N4O4/c1-24-21(29)26-10-3-5-15-12(7-10)17-11(4-6-16(30-2)19(17)31-15)20(28)27-18-13(22)8-25-9-14(18)23/h3-9H,1-2H3,(H2,24,26,29)(H,25,27,28). The third-order valence-electron chi connectivity index (χ3n) is 4.62. The second kappa shape index (κ2) is 8.33. The molecule has 2 aromatic heterocycles. The number of hydrogen-bond acceptors (Lipinski definition) is 5. The van der Waals surface area contributed by atoms with Gasteiger partial charge in [0.15, 0.2) is 11.3 Å². The van der Waals surface area contributed by atoms with Crippen LogP contribution in [0.4, 0.5) is 16.2 Å². The molecule has 0 spiro atoms. The van der Waals surface area contributed by atoms with Crippen LogP contribution in [-0.2, 0) is 0 Å². The van der Waals surface area contributed by atoms with Crippen LogP contribution < -0.4 is 20.7 Å². The van der Waals surface area contributed by atoms with Crippen LogP contribution in [-0.4, -0.2) is 31.1 Å². The van der Waals surface area contributed by atoms with E-state index >= 15 is 0 Å². The summed E-state index contributed by atoms with van der Waals surface area (Å²) in [7, 11) is 3.03. The first-order chi connectivity index (χ1) is 14.9. The van der Waals surface area contributed by atoms with Gasteiger partial charge in [-0.3, -0.25) is 9.78 Å². The summed E-state index contributed by atoms with van der Waals surface area (Å²) in [5.41, 5.74) is 2.02. The van der Waals surface area contributed by atoms with Crippen LogP contribution in [0.2, 0.25) is 10.0 Å². The molecule has 0 saturated heterocycles. The highest BCUT2D eigenvalue weighted by Gasteiger charge is 2.21. The van der Waals surface area contributed by atoms with E-state index in [2.05, 4.69) is 20.9 Å². The average Bonchev–Trinajstić information content (AvgIpc) is 3.14. The number of urea groups is 1. The summed E-state index contributed by atoms with van der Waals surface area (Å²) < 4.78 is 11.4. The van der Waals surface area contributed by atoms with Crippen LogP contribution >= 0.6 is 23.2 Å². The molecule has 3 N–H and O–H groups in total. The molecule has 3 amide bonds. The van der Waals surface area contributed by atoms with Gasteiger partial charge in [-0.1, -0.05) is 23.2 Å². The first-order valence-electron chi connectivity index (χ1n) is 9.05. The maximum absolute atomic E-state index is 13.2. The number of fused-ring (bicyclic) bond motifs is 3. The Hall–Kier alpha value is -3.49. The fourth-order valence-corrected chi connectivity index (χ4v) is 3.65. The number of furan rings is 1. The maximum atomic E-state index is 13.2. The molecule has 10 heteroatoms. The zero-order chi connectivity index (χ0) is 22.1. The number of anilines is 2. The molecular formula is C21H16Cl2N4O4. The van der Waals surface area contributed by atoms with Crippen molar-refractivity contribution in [3.63, 3.8) is 0 Å². The van der Waals surface area contributed by atoms with Gasteiger partial charge in [0.2, 0.25) is 0 Å². The Bertz CT molecular complexity index is 1320. The Kier molecular flexibility index (Phi) is 5.58. The topological polar surface area (TPSA) is 105 Å². The van der Waals surface area contributed by atoms with E-state index < -0.39 is 5.91 Å². The number of benzene rings is 2. The molecule has 158 valence electrons. The Morgan fingerprint density at radius 2 is 1.81 bits per heavy atom. The largest absolute Gasteiger partial charge is 0.493 e. The molecule has 0 bridgehead atoms. The van der Waals surface area contributed by atoms with E-state index in [-0.39, 0.29) is 21.8 Å². The van der Waals surface area contributed by atoms with E-state index in [1.165, 1.54) is 26.6 Å². The molecule has 0 aliphatic heterocycles. The molecule has 31 heavy (non-hydrogen) atoms. The summed E-state index contributed by atoms with van der Waals surface area (Å²) in [6, 6.07) is 8.01. The van der Waals surface area contributed by atoms with E-state index in [1.54, 1.807) is 30.3 Å². The molecule has 0 fully saturated rings. The van der Waals surface area contributed by atoms with Crippen molar-refractivity contribution in [1.29, 1.82) is 0 Å². The minimum absolute atomic E-state index is 0.208. The maximum Gasteiger partial charge on any atom is 0.318 e. The number of methoxy groups -OCH3 is 1. The van der Waals surface area contributed by atoms with E-state index in [1.807, 2.05) is 0 Å². The SMILES string of the molecule is CNC(=O)Nc1ccc2oc3c(OC)ccc(C(=O)Nc4c(Cl)cncc4Cl)c3c2c1. The lowest BCUT2D eigenvalue weighted by molar-refractivity contribution is 0.102. The predicted octanol–water partition coefficient (Wildman–Crippen LogP) is 5.30. The van der Waals surface area contributed by atoms with Gasteiger partial charge in [-0.15, -0.1) is 0 Å². The number of nitrogens with one attached hydrogen (secondary N) is 3. The highest BCUT2D eigenvalue weighted by molar-refractivity contribution is 6.40. The van der Waals surface area contributed by atoms with Crippen molar-refractivity contribution in [1.82, 2.24) is 10.3 Å². The lowest BCUT2D eigenvalue weighted by Gasteiger charge is -2.10. The van der Waals surface area contributed by atoms with Crippen LogP contribution in [0, 0.1) is 0 Å². The van der Waals surface area contributed by atoms with Gasteiger partial charge >= 0.3 is 6.03 Å². The van der Waals surface area contributed by atoms with Crippen molar-refractivity contribution in [2.75, 3.05) is 24.8 Å². The zero-order valence-electron chi connectivity index (χ0n) is 16.4. The first kappa shape index (κ1) is 20.8. The number of carbonyl (C=O) groups is 2. The Labute approximate surface area is 186 Å². The predicted molar refractivity (Wildman–Crippen MR) is 121 cm³/mol. The number of nitrogens with zero attached hydrogens (tertiary/aromatic N) is 1. The third-order valence-corrected chi connectivity index (χ3v) is 5.20. The number of ether oxygens (including phenoxy) is 1. The van der Waals surface area contributed by atoms with Gasteiger partial charge in [0.25, 0.3) is 5.91 Å². The minimum atomic E-state index is -0.449. The van der Waals surface area contributed by atoms with Crippen molar-refractivity contribution in [2.45, 2.75) is 0 Å². The lowest BCUT2D eigenvalue weighted by atomic mass is 10.0. The first-order valence-corrected chi connectivity index (χ1v) is 9.81. The fourth-order valence-electron chi connectivity index (χ4n) is 3.19.